The number of carbonyl (C=O) groups excluding carboxylic acids is 1. The van der Waals surface area contributed by atoms with Crippen LogP contribution in [-0.4, -0.2) is 28.5 Å². The van der Waals surface area contributed by atoms with Gasteiger partial charge < -0.3 is 15.2 Å². The molecule has 0 spiro atoms. The molecule has 21 heavy (non-hydrogen) atoms. The van der Waals surface area contributed by atoms with E-state index in [-0.39, 0.29) is 6.54 Å². The Morgan fingerprint density at radius 1 is 1.33 bits per heavy atom. The summed E-state index contributed by atoms with van der Waals surface area (Å²) in [7, 11) is 1.88. The number of nitrogens with one attached hydrogen (secondary N) is 2. The first kappa shape index (κ1) is 15.1. The number of hydrogen-bond donors (Lipinski definition) is 2. The number of benzene rings is 1. The SMILES string of the molecule is Cn1ccnc1CCNCC(=O)Nc1c(F)cccc1F. The van der Waals surface area contributed by atoms with E-state index in [2.05, 4.69) is 15.6 Å². The second-order valence-corrected chi connectivity index (χ2v) is 4.53. The molecule has 0 radical (unpaired) electrons. The lowest BCUT2D eigenvalue weighted by molar-refractivity contribution is -0.115. The maximum Gasteiger partial charge on any atom is 0.238 e. The van der Waals surface area contributed by atoms with Crippen molar-refractivity contribution in [1.29, 1.82) is 0 Å². The molecule has 1 aromatic heterocycles. The van der Waals surface area contributed by atoms with Gasteiger partial charge in [-0.1, -0.05) is 6.07 Å². The average molecular weight is 294 g/mol. The Morgan fingerprint density at radius 2 is 2.05 bits per heavy atom. The summed E-state index contributed by atoms with van der Waals surface area (Å²) < 4.78 is 28.6. The fourth-order valence-electron chi connectivity index (χ4n) is 1.84. The summed E-state index contributed by atoms with van der Waals surface area (Å²) >= 11 is 0. The molecule has 0 fully saturated rings. The molecule has 0 unspecified atom stereocenters. The highest BCUT2D eigenvalue weighted by molar-refractivity contribution is 5.92. The molecule has 0 bridgehead atoms. The molecule has 1 heterocycles. The first-order valence-corrected chi connectivity index (χ1v) is 6.48. The van der Waals surface area contributed by atoms with Gasteiger partial charge >= 0.3 is 0 Å². The Morgan fingerprint density at radius 3 is 2.67 bits per heavy atom. The van der Waals surface area contributed by atoms with E-state index < -0.39 is 23.2 Å². The molecule has 0 aliphatic heterocycles. The Labute approximate surface area is 121 Å². The Bertz CT molecular complexity index is 607. The third kappa shape index (κ3) is 4.09. The second kappa shape index (κ2) is 6.94. The van der Waals surface area contributed by atoms with Crippen molar-refractivity contribution in [3.63, 3.8) is 0 Å². The predicted molar refractivity (Wildman–Crippen MR) is 74.8 cm³/mol. The molecular weight excluding hydrogens is 278 g/mol. The fourth-order valence-corrected chi connectivity index (χ4v) is 1.84. The number of imidazole rings is 1. The summed E-state index contributed by atoms with van der Waals surface area (Å²) in [5.41, 5.74) is -0.423. The van der Waals surface area contributed by atoms with Crippen molar-refractivity contribution in [3.8, 4) is 0 Å². The van der Waals surface area contributed by atoms with Gasteiger partial charge in [-0.25, -0.2) is 13.8 Å². The van der Waals surface area contributed by atoms with Crippen LogP contribution in [0.1, 0.15) is 5.82 Å². The molecule has 0 saturated heterocycles. The van der Waals surface area contributed by atoms with Gasteiger partial charge in [0.05, 0.1) is 6.54 Å². The number of anilines is 1. The summed E-state index contributed by atoms with van der Waals surface area (Å²) in [6, 6.07) is 3.42. The van der Waals surface area contributed by atoms with Gasteiger partial charge in [-0.15, -0.1) is 0 Å². The summed E-state index contributed by atoms with van der Waals surface area (Å²) in [4.78, 5) is 15.8. The van der Waals surface area contributed by atoms with Gasteiger partial charge in [0.2, 0.25) is 5.91 Å². The van der Waals surface area contributed by atoms with Crippen LogP contribution in [0.25, 0.3) is 0 Å². The zero-order chi connectivity index (χ0) is 15.2. The topological polar surface area (TPSA) is 59.0 Å². The zero-order valence-electron chi connectivity index (χ0n) is 11.6. The van der Waals surface area contributed by atoms with Crippen LogP contribution in [0.15, 0.2) is 30.6 Å². The maximum atomic E-state index is 13.3. The Hall–Kier alpha value is -2.28. The Balaban J connectivity index is 1.76. The number of aromatic nitrogens is 2. The Kier molecular flexibility index (Phi) is 4.99. The van der Waals surface area contributed by atoms with E-state index in [1.807, 2.05) is 17.8 Å². The first-order chi connectivity index (χ1) is 10.1. The van der Waals surface area contributed by atoms with Crippen LogP contribution >= 0.6 is 0 Å². The van der Waals surface area contributed by atoms with E-state index in [1.54, 1.807) is 6.20 Å². The van der Waals surface area contributed by atoms with Crippen molar-refractivity contribution in [2.45, 2.75) is 6.42 Å². The average Bonchev–Trinajstić information content (AvgIpc) is 2.85. The fraction of sp³-hybridized carbons (Fsp3) is 0.286. The standard InChI is InChI=1S/C14H16F2N4O/c1-20-8-7-18-12(20)5-6-17-9-13(21)19-14-10(15)3-2-4-11(14)16/h2-4,7-8,17H,5-6,9H2,1H3,(H,19,21). The van der Waals surface area contributed by atoms with Crippen LogP contribution in [0.2, 0.25) is 0 Å². The van der Waals surface area contributed by atoms with Crippen molar-refractivity contribution in [3.05, 3.63) is 48.1 Å². The smallest absolute Gasteiger partial charge is 0.238 e. The normalized spacial score (nSPS) is 10.6. The van der Waals surface area contributed by atoms with Gasteiger partial charge in [0, 0.05) is 32.4 Å². The summed E-state index contributed by atoms with van der Waals surface area (Å²) in [6.45, 7) is 0.510. The number of amides is 1. The van der Waals surface area contributed by atoms with Crippen molar-refractivity contribution in [2.75, 3.05) is 18.4 Å². The van der Waals surface area contributed by atoms with Gasteiger partial charge in [-0.3, -0.25) is 4.79 Å². The van der Waals surface area contributed by atoms with E-state index in [4.69, 9.17) is 0 Å². The highest BCUT2D eigenvalue weighted by Crippen LogP contribution is 2.17. The molecule has 5 nitrogen and oxygen atoms in total. The third-order valence-electron chi connectivity index (χ3n) is 2.96. The summed E-state index contributed by atoms with van der Waals surface area (Å²) in [5, 5.41) is 5.11. The highest BCUT2D eigenvalue weighted by atomic mass is 19.1. The van der Waals surface area contributed by atoms with E-state index in [9.17, 15) is 13.6 Å². The molecule has 7 heteroatoms. The summed E-state index contributed by atoms with van der Waals surface area (Å²) in [6.07, 6.45) is 4.19. The summed E-state index contributed by atoms with van der Waals surface area (Å²) in [5.74, 6) is -1.20. The van der Waals surface area contributed by atoms with Crippen molar-refractivity contribution in [2.24, 2.45) is 7.05 Å². The molecule has 2 rings (SSSR count). The number of para-hydroxylation sites is 1. The largest absolute Gasteiger partial charge is 0.338 e. The van der Waals surface area contributed by atoms with E-state index in [0.717, 1.165) is 18.0 Å². The van der Waals surface area contributed by atoms with Crippen LogP contribution in [0.3, 0.4) is 0 Å². The molecule has 0 saturated carbocycles. The third-order valence-corrected chi connectivity index (χ3v) is 2.96. The minimum absolute atomic E-state index is 0.0296. The molecular formula is C14H16F2N4O. The van der Waals surface area contributed by atoms with Crippen molar-refractivity contribution >= 4 is 11.6 Å². The molecule has 1 amide bonds. The van der Waals surface area contributed by atoms with Crippen LogP contribution in [0.5, 0.6) is 0 Å². The molecule has 1 aromatic carbocycles. The van der Waals surface area contributed by atoms with Crippen LogP contribution in [0, 0.1) is 11.6 Å². The molecule has 0 aliphatic carbocycles. The molecule has 2 aromatic rings. The minimum atomic E-state index is -0.795. The van der Waals surface area contributed by atoms with Gasteiger partial charge in [-0.2, -0.15) is 0 Å². The predicted octanol–water partition coefficient (Wildman–Crippen LogP) is 1.47. The highest BCUT2D eigenvalue weighted by Gasteiger charge is 2.11. The van der Waals surface area contributed by atoms with Crippen LogP contribution in [-0.2, 0) is 18.3 Å². The zero-order valence-corrected chi connectivity index (χ0v) is 11.6. The van der Waals surface area contributed by atoms with Gasteiger partial charge in [0.15, 0.2) is 0 Å². The van der Waals surface area contributed by atoms with Gasteiger partial charge in [0.1, 0.15) is 23.1 Å². The second-order valence-electron chi connectivity index (χ2n) is 4.53. The number of aryl methyl sites for hydroxylation is 1. The van der Waals surface area contributed by atoms with E-state index in [1.165, 1.54) is 6.07 Å². The van der Waals surface area contributed by atoms with E-state index >= 15 is 0 Å². The number of carbonyl (C=O) groups is 1. The van der Waals surface area contributed by atoms with E-state index in [0.29, 0.717) is 13.0 Å². The van der Waals surface area contributed by atoms with Crippen molar-refractivity contribution in [1.82, 2.24) is 14.9 Å². The van der Waals surface area contributed by atoms with Crippen LogP contribution in [0.4, 0.5) is 14.5 Å². The number of hydrogen-bond acceptors (Lipinski definition) is 3. The molecule has 0 aliphatic rings. The molecule has 112 valence electrons. The lowest BCUT2D eigenvalue weighted by Crippen LogP contribution is -2.30. The number of halogens is 2. The number of rotatable bonds is 6. The number of nitrogens with zero attached hydrogens (tertiary/aromatic N) is 2. The monoisotopic (exact) mass is 294 g/mol. The first-order valence-electron chi connectivity index (χ1n) is 6.48. The molecule has 2 N–H and O–H groups in total. The van der Waals surface area contributed by atoms with Gasteiger partial charge in [-0.05, 0) is 12.1 Å². The lowest BCUT2D eigenvalue weighted by atomic mass is 10.3. The maximum absolute atomic E-state index is 13.3. The lowest BCUT2D eigenvalue weighted by Gasteiger charge is -2.08. The van der Waals surface area contributed by atoms with Crippen molar-refractivity contribution < 1.29 is 13.6 Å². The molecule has 0 atom stereocenters. The minimum Gasteiger partial charge on any atom is -0.338 e. The van der Waals surface area contributed by atoms with Gasteiger partial charge in [0.25, 0.3) is 0 Å². The van der Waals surface area contributed by atoms with Crippen LogP contribution < -0.4 is 10.6 Å². The quantitative estimate of drug-likeness (QED) is 0.793.